The SMILES string of the molecule is C=C(NCC(C)(C)C)c1ccc(C)cc1. The lowest BCUT2D eigenvalue weighted by Gasteiger charge is -2.20. The summed E-state index contributed by atoms with van der Waals surface area (Å²) in [6.07, 6.45) is 0. The molecular formula is C14H21N. The monoisotopic (exact) mass is 203 g/mol. The molecule has 0 aliphatic carbocycles. The van der Waals surface area contributed by atoms with E-state index in [1.807, 2.05) is 0 Å². The Bertz CT molecular complexity index is 327. The van der Waals surface area contributed by atoms with Crippen molar-refractivity contribution in [3.8, 4) is 0 Å². The third kappa shape index (κ3) is 4.20. The number of benzene rings is 1. The van der Waals surface area contributed by atoms with Crippen LogP contribution in [0.15, 0.2) is 30.8 Å². The van der Waals surface area contributed by atoms with Crippen molar-refractivity contribution in [3.63, 3.8) is 0 Å². The summed E-state index contributed by atoms with van der Waals surface area (Å²) in [7, 11) is 0. The van der Waals surface area contributed by atoms with Crippen LogP contribution in [0, 0.1) is 12.3 Å². The Balaban J connectivity index is 2.58. The Morgan fingerprint density at radius 3 is 2.20 bits per heavy atom. The highest BCUT2D eigenvalue weighted by atomic mass is 14.9. The highest BCUT2D eigenvalue weighted by Crippen LogP contribution is 2.15. The van der Waals surface area contributed by atoms with Crippen molar-refractivity contribution >= 4 is 5.70 Å². The van der Waals surface area contributed by atoms with Crippen LogP contribution in [0.4, 0.5) is 0 Å². The molecule has 1 heteroatoms. The fraction of sp³-hybridized carbons (Fsp3) is 0.429. The van der Waals surface area contributed by atoms with E-state index < -0.39 is 0 Å². The summed E-state index contributed by atoms with van der Waals surface area (Å²) in [6, 6.07) is 8.43. The van der Waals surface area contributed by atoms with Gasteiger partial charge in [0.05, 0.1) is 0 Å². The minimum Gasteiger partial charge on any atom is -0.385 e. The van der Waals surface area contributed by atoms with Crippen molar-refractivity contribution in [3.05, 3.63) is 42.0 Å². The molecule has 1 aromatic rings. The fourth-order valence-electron chi connectivity index (χ4n) is 1.23. The molecule has 0 atom stereocenters. The van der Waals surface area contributed by atoms with Gasteiger partial charge in [-0.15, -0.1) is 0 Å². The molecule has 15 heavy (non-hydrogen) atoms. The Morgan fingerprint density at radius 2 is 1.73 bits per heavy atom. The van der Waals surface area contributed by atoms with Crippen molar-refractivity contribution in [2.75, 3.05) is 6.54 Å². The molecule has 0 saturated heterocycles. The van der Waals surface area contributed by atoms with E-state index in [1.54, 1.807) is 0 Å². The van der Waals surface area contributed by atoms with Crippen LogP contribution in [0.5, 0.6) is 0 Å². The Labute approximate surface area is 93.2 Å². The van der Waals surface area contributed by atoms with Crippen LogP contribution in [-0.4, -0.2) is 6.54 Å². The molecule has 0 aromatic heterocycles. The Kier molecular flexibility index (Phi) is 3.57. The Hall–Kier alpha value is -1.24. The van der Waals surface area contributed by atoms with Gasteiger partial charge in [0.1, 0.15) is 0 Å². The van der Waals surface area contributed by atoms with E-state index in [2.05, 4.69) is 63.9 Å². The number of aryl methyl sites for hydroxylation is 1. The van der Waals surface area contributed by atoms with Gasteiger partial charge < -0.3 is 5.32 Å². The second-order valence-corrected chi connectivity index (χ2v) is 5.26. The molecule has 0 bridgehead atoms. The van der Waals surface area contributed by atoms with Crippen molar-refractivity contribution in [2.24, 2.45) is 5.41 Å². The molecule has 0 unspecified atom stereocenters. The van der Waals surface area contributed by atoms with E-state index in [-0.39, 0.29) is 5.41 Å². The number of nitrogens with one attached hydrogen (secondary N) is 1. The maximum absolute atomic E-state index is 4.05. The van der Waals surface area contributed by atoms with Crippen LogP contribution in [0.1, 0.15) is 31.9 Å². The first-order valence-electron chi connectivity index (χ1n) is 5.38. The topological polar surface area (TPSA) is 12.0 Å². The first kappa shape index (κ1) is 11.8. The van der Waals surface area contributed by atoms with Crippen molar-refractivity contribution in [1.29, 1.82) is 0 Å². The number of hydrogen-bond donors (Lipinski definition) is 1. The van der Waals surface area contributed by atoms with Crippen LogP contribution in [0.3, 0.4) is 0 Å². The first-order valence-corrected chi connectivity index (χ1v) is 5.38. The quantitative estimate of drug-likeness (QED) is 0.791. The molecule has 1 nitrogen and oxygen atoms in total. The van der Waals surface area contributed by atoms with Crippen molar-refractivity contribution in [2.45, 2.75) is 27.7 Å². The molecule has 0 fully saturated rings. The van der Waals surface area contributed by atoms with Gasteiger partial charge in [0.25, 0.3) is 0 Å². The fourth-order valence-corrected chi connectivity index (χ4v) is 1.23. The average Bonchev–Trinajstić information content (AvgIpc) is 2.14. The van der Waals surface area contributed by atoms with Gasteiger partial charge in [0, 0.05) is 12.2 Å². The summed E-state index contributed by atoms with van der Waals surface area (Å²) in [6.45, 7) is 13.7. The van der Waals surface area contributed by atoms with Crippen LogP contribution in [0.2, 0.25) is 0 Å². The summed E-state index contributed by atoms with van der Waals surface area (Å²) < 4.78 is 0. The normalized spacial score (nSPS) is 11.2. The van der Waals surface area contributed by atoms with Gasteiger partial charge in [-0.05, 0) is 17.9 Å². The molecule has 1 N–H and O–H groups in total. The molecule has 0 heterocycles. The predicted molar refractivity (Wildman–Crippen MR) is 67.7 cm³/mol. The second kappa shape index (κ2) is 4.52. The van der Waals surface area contributed by atoms with Crippen LogP contribution in [0.25, 0.3) is 5.70 Å². The molecule has 0 aliphatic heterocycles. The molecule has 0 saturated carbocycles. The lowest BCUT2D eigenvalue weighted by atomic mass is 9.96. The first-order chi connectivity index (χ1) is 6.88. The molecule has 0 aliphatic rings. The van der Waals surface area contributed by atoms with E-state index >= 15 is 0 Å². The standard InChI is InChI=1S/C14H21N/c1-11-6-8-13(9-7-11)12(2)15-10-14(3,4)5/h6-9,15H,2,10H2,1,3-5H3. The molecule has 0 spiro atoms. The van der Waals surface area contributed by atoms with Gasteiger partial charge in [-0.3, -0.25) is 0 Å². The third-order valence-electron chi connectivity index (χ3n) is 2.23. The van der Waals surface area contributed by atoms with Gasteiger partial charge >= 0.3 is 0 Å². The average molecular weight is 203 g/mol. The molecule has 0 radical (unpaired) electrons. The predicted octanol–water partition coefficient (Wildman–Crippen LogP) is 3.60. The highest BCUT2D eigenvalue weighted by molar-refractivity contribution is 5.61. The molecule has 82 valence electrons. The summed E-state index contributed by atoms with van der Waals surface area (Å²) in [5.74, 6) is 0. The zero-order valence-electron chi connectivity index (χ0n) is 10.2. The van der Waals surface area contributed by atoms with Gasteiger partial charge in [0.15, 0.2) is 0 Å². The second-order valence-electron chi connectivity index (χ2n) is 5.26. The van der Waals surface area contributed by atoms with E-state index in [0.29, 0.717) is 0 Å². The lowest BCUT2D eigenvalue weighted by Crippen LogP contribution is -2.25. The third-order valence-corrected chi connectivity index (χ3v) is 2.23. The van der Waals surface area contributed by atoms with Crippen LogP contribution >= 0.6 is 0 Å². The highest BCUT2D eigenvalue weighted by Gasteiger charge is 2.09. The largest absolute Gasteiger partial charge is 0.385 e. The van der Waals surface area contributed by atoms with Crippen molar-refractivity contribution in [1.82, 2.24) is 5.32 Å². The zero-order valence-corrected chi connectivity index (χ0v) is 10.2. The Morgan fingerprint density at radius 1 is 1.20 bits per heavy atom. The van der Waals surface area contributed by atoms with Gasteiger partial charge in [-0.1, -0.05) is 57.2 Å². The van der Waals surface area contributed by atoms with E-state index in [0.717, 1.165) is 12.2 Å². The molecule has 1 rings (SSSR count). The molecular weight excluding hydrogens is 182 g/mol. The lowest BCUT2D eigenvalue weighted by molar-refractivity contribution is 0.406. The van der Waals surface area contributed by atoms with Crippen LogP contribution < -0.4 is 5.32 Å². The summed E-state index contributed by atoms with van der Waals surface area (Å²) in [5, 5.41) is 3.36. The van der Waals surface area contributed by atoms with Gasteiger partial charge in [-0.2, -0.15) is 0 Å². The number of hydrogen-bond acceptors (Lipinski definition) is 1. The van der Waals surface area contributed by atoms with Gasteiger partial charge in [0.2, 0.25) is 0 Å². The smallest absolute Gasteiger partial charge is 0.0340 e. The van der Waals surface area contributed by atoms with E-state index in [1.165, 1.54) is 11.1 Å². The van der Waals surface area contributed by atoms with Gasteiger partial charge in [-0.25, -0.2) is 0 Å². The summed E-state index contributed by atoms with van der Waals surface area (Å²) in [5.41, 5.74) is 3.74. The maximum atomic E-state index is 4.05. The van der Waals surface area contributed by atoms with Crippen molar-refractivity contribution < 1.29 is 0 Å². The minimum atomic E-state index is 0.285. The maximum Gasteiger partial charge on any atom is 0.0340 e. The van der Waals surface area contributed by atoms with Crippen LogP contribution in [-0.2, 0) is 0 Å². The van der Waals surface area contributed by atoms with E-state index in [4.69, 9.17) is 0 Å². The molecule has 1 aromatic carbocycles. The summed E-state index contributed by atoms with van der Waals surface area (Å²) in [4.78, 5) is 0. The minimum absolute atomic E-state index is 0.285. The number of rotatable bonds is 3. The zero-order chi connectivity index (χ0) is 11.5. The molecule has 0 amide bonds. The van der Waals surface area contributed by atoms with E-state index in [9.17, 15) is 0 Å². The summed E-state index contributed by atoms with van der Waals surface area (Å²) >= 11 is 0.